The Balaban J connectivity index is 1.48. The first-order valence-electron chi connectivity index (χ1n) is 9.51. The zero-order valence-corrected chi connectivity index (χ0v) is 17.0. The van der Waals surface area contributed by atoms with E-state index in [1.807, 2.05) is 53.1 Å². The van der Waals surface area contributed by atoms with Gasteiger partial charge >= 0.3 is 0 Å². The highest BCUT2D eigenvalue weighted by Gasteiger charge is 2.20. The number of ether oxygens (including phenoxy) is 2. The Bertz CT molecular complexity index is 1240. The van der Waals surface area contributed by atoms with E-state index in [2.05, 4.69) is 10.2 Å². The number of carbonyl (C=O) groups excluding carboxylic acids is 1. The monoisotopic (exact) mass is 433 g/mol. The summed E-state index contributed by atoms with van der Waals surface area (Å²) in [5.41, 5.74) is 2.14. The van der Waals surface area contributed by atoms with Crippen LogP contribution in [0.15, 0.2) is 78.0 Å². The SMILES string of the molecule is O=C(CSc1nnc(-c2ccc3c(c2)OCO3)n1-c1ccccc1)c1ccc(F)cc1. The van der Waals surface area contributed by atoms with Gasteiger partial charge in [-0.05, 0) is 54.6 Å². The molecule has 0 saturated carbocycles. The largest absolute Gasteiger partial charge is 0.454 e. The van der Waals surface area contributed by atoms with Gasteiger partial charge in [-0.1, -0.05) is 30.0 Å². The lowest BCUT2D eigenvalue weighted by atomic mass is 10.1. The standard InChI is InChI=1S/C23H16FN3O3S/c24-17-9-6-15(7-10-17)19(28)13-31-23-26-25-22(27(23)18-4-2-1-3-5-18)16-8-11-20-21(12-16)30-14-29-20/h1-12H,13-14H2. The number of carbonyl (C=O) groups is 1. The summed E-state index contributed by atoms with van der Waals surface area (Å²) in [6.07, 6.45) is 0. The summed E-state index contributed by atoms with van der Waals surface area (Å²) in [5.74, 6) is 1.63. The van der Waals surface area contributed by atoms with Crippen molar-refractivity contribution >= 4 is 17.5 Å². The Labute approximate surface area is 181 Å². The lowest BCUT2D eigenvalue weighted by molar-refractivity contribution is 0.102. The van der Waals surface area contributed by atoms with Crippen molar-refractivity contribution in [2.45, 2.75) is 5.16 Å². The summed E-state index contributed by atoms with van der Waals surface area (Å²) >= 11 is 1.28. The third-order valence-corrected chi connectivity index (χ3v) is 5.71. The molecule has 1 aliphatic rings. The Morgan fingerprint density at radius 3 is 2.55 bits per heavy atom. The fourth-order valence-corrected chi connectivity index (χ4v) is 4.09. The second kappa shape index (κ2) is 8.23. The van der Waals surface area contributed by atoms with Gasteiger partial charge in [0.15, 0.2) is 28.3 Å². The van der Waals surface area contributed by atoms with Gasteiger partial charge in [0.25, 0.3) is 0 Å². The van der Waals surface area contributed by atoms with Crippen molar-refractivity contribution in [3.63, 3.8) is 0 Å². The topological polar surface area (TPSA) is 66.2 Å². The van der Waals surface area contributed by atoms with Gasteiger partial charge in [-0.2, -0.15) is 0 Å². The molecule has 0 fully saturated rings. The normalized spacial score (nSPS) is 12.2. The van der Waals surface area contributed by atoms with E-state index in [4.69, 9.17) is 9.47 Å². The molecular weight excluding hydrogens is 417 g/mol. The van der Waals surface area contributed by atoms with E-state index in [0.29, 0.717) is 28.0 Å². The summed E-state index contributed by atoms with van der Waals surface area (Å²) in [5, 5.41) is 9.30. The van der Waals surface area contributed by atoms with Crippen LogP contribution in [-0.4, -0.2) is 33.1 Å². The van der Waals surface area contributed by atoms with Crippen LogP contribution in [0.1, 0.15) is 10.4 Å². The zero-order chi connectivity index (χ0) is 21.2. The van der Waals surface area contributed by atoms with Crippen LogP contribution >= 0.6 is 11.8 Å². The number of hydrogen-bond donors (Lipinski definition) is 0. The minimum absolute atomic E-state index is 0.114. The van der Waals surface area contributed by atoms with E-state index >= 15 is 0 Å². The number of halogens is 1. The molecule has 0 saturated heterocycles. The molecule has 0 aliphatic carbocycles. The van der Waals surface area contributed by atoms with E-state index in [1.54, 1.807) is 0 Å². The maximum absolute atomic E-state index is 13.1. The number of ketones is 1. The van der Waals surface area contributed by atoms with Crippen molar-refractivity contribution in [3.05, 3.63) is 84.2 Å². The molecule has 0 unspecified atom stereocenters. The van der Waals surface area contributed by atoms with Gasteiger partial charge in [0.05, 0.1) is 5.75 Å². The highest BCUT2D eigenvalue weighted by molar-refractivity contribution is 7.99. The van der Waals surface area contributed by atoms with Crippen LogP contribution in [0.2, 0.25) is 0 Å². The van der Waals surface area contributed by atoms with Crippen LogP contribution in [0.4, 0.5) is 4.39 Å². The highest BCUT2D eigenvalue weighted by Crippen LogP contribution is 2.37. The molecule has 0 spiro atoms. The van der Waals surface area contributed by atoms with Crippen molar-refractivity contribution < 1.29 is 18.7 Å². The number of aromatic nitrogens is 3. The maximum Gasteiger partial charge on any atom is 0.231 e. The number of fused-ring (bicyclic) bond motifs is 1. The molecule has 31 heavy (non-hydrogen) atoms. The van der Waals surface area contributed by atoms with Gasteiger partial charge < -0.3 is 9.47 Å². The van der Waals surface area contributed by atoms with Gasteiger partial charge in [-0.3, -0.25) is 9.36 Å². The fraction of sp³-hybridized carbons (Fsp3) is 0.0870. The average molecular weight is 433 g/mol. The number of nitrogens with zero attached hydrogens (tertiary/aromatic N) is 3. The Hall–Kier alpha value is -3.65. The zero-order valence-electron chi connectivity index (χ0n) is 16.2. The average Bonchev–Trinajstić information content (AvgIpc) is 3.45. The van der Waals surface area contributed by atoms with Gasteiger partial charge in [-0.25, -0.2) is 4.39 Å². The van der Waals surface area contributed by atoms with Gasteiger partial charge in [0, 0.05) is 16.8 Å². The first-order valence-corrected chi connectivity index (χ1v) is 10.5. The number of para-hydroxylation sites is 1. The Kier molecular flexibility index (Phi) is 5.13. The molecule has 4 aromatic rings. The summed E-state index contributed by atoms with van der Waals surface area (Å²) in [6.45, 7) is 0.191. The molecule has 8 heteroatoms. The summed E-state index contributed by atoms with van der Waals surface area (Å²) in [6, 6.07) is 20.8. The third kappa shape index (κ3) is 3.89. The molecule has 3 aromatic carbocycles. The molecular formula is C23H16FN3O3S. The van der Waals surface area contributed by atoms with Crippen LogP contribution in [0.5, 0.6) is 11.5 Å². The molecule has 0 radical (unpaired) electrons. The molecule has 1 aliphatic heterocycles. The smallest absolute Gasteiger partial charge is 0.231 e. The number of thioether (sulfide) groups is 1. The summed E-state index contributed by atoms with van der Waals surface area (Å²) in [4.78, 5) is 12.6. The highest BCUT2D eigenvalue weighted by atomic mass is 32.2. The third-order valence-electron chi connectivity index (χ3n) is 4.78. The molecule has 5 rings (SSSR count). The van der Waals surface area contributed by atoms with Crippen molar-refractivity contribution in [3.8, 4) is 28.6 Å². The first-order chi connectivity index (χ1) is 15.2. The van der Waals surface area contributed by atoms with Gasteiger partial charge in [0.1, 0.15) is 5.82 Å². The fourth-order valence-electron chi connectivity index (χ4n) is 3.25. The molecule has 154 valence electrons. The van der Waals surface area contributed by atoms with Crippen molar-refractivity contribution in [1.29, 1.82) is 0 Å². The van der Waals surface area contributed by atoms with E-state index in [0.717, 1.165) is 11.3 Å². The van der Waals surface area contributed by atoms with Crippen LogP contribution in [-0.2, 0) is 0 Å². The van der Waals surface area contributed by atoms with E-state index in [1.165, 1.54) is 36.0 Å². The van der Waals surface area contributed by atoms with E-state index in [-0.39, 0.29) is 24.1 Å². The maximum atomic E-state index is 13.1. The number of rotatable bonds is 6. The van der Waals surface area contributed by atoms with Crippen molar-refractivity contribution in [2.24, 2.45) is 0 Å². The van der Waals surface area contributed by atoms with Crippen molar-refractivity contribution in [1.82, 2.24) is 14.8 Å². The van der Waals surface area contributed by atoms with Crippen molar-refractivity contribution in [2.75, 3.05) is 12.5 Å². The van der Waals surface area contributed by atoms with Gasteiger partial charge in [-0.15, -0.1) is 10.2 Å². The number of hydrogen-bond acceptors (Lipinski definition) is 6. The van der Waals surface area contributed by atoms with E-state index < -0.39 is 0 Å². The lowest BCUT2D eigenvalue weighted by Gasteiger charge is -2.10. The minimum atomic E-state index is -0.374. The van der Waals surface area contributed by atoms with Crippen LogP contribution in [0, 0.1) is 5.82 Å². The van der Waals surface area contributed by atoms with Gasteiger partial charge in [0.2, 0.25) is 6.79 Å². The predicted octanol–water partition coefficient (Wildman–Crippen LogP) is 4.78. The quantitative estimate of drug-likeness (QED) is 0.322. The second-order valence-electron chi connectivity index (χ2n) is 6.76. The number of Topliss-reactive ketones (excluding diaryl/α,β-unsaturated/α-hetero) is 1. The molecule has 6 nitrogen and oxygen atoms in total. The van der Waals surface area contributed by atoms with Crippen LogP contribution < -0.4 is 9.47 Å². The molecule has 0 atom stereocenters. The number of benzene rings is 3. The molecule has 2 heterocycles. The lowest BCUT2D eigenvalue weighted by Crippen LogP contribution is -2.05. The first kappa shape index (κ1) is 19.3. The van der Waals surface area contributed by atoms with E-state index in [9.17, 15) is 9.18 Å². The minimum Gasteiger partial charge on any atom is -0.454 e. The molecule has 0 N–H and O–H groups in total. The molecule has 0 amide bonds. The predicted molar refractivity (Wildman–Crippen MR) is 114 cm³/mol. The second-order valence-corrected chi connectivity index (χ2v) is 7.71. The summed E-state index contributed by atoms with van der Waals surface area (Å²) in [7, 11) is 0. The van der Waals surface area contributed by atoms with Crippen LogP contribution in [0.25, 0.3) is 17.1 Å². The molecule has 1 aromatic heterocycles. The Morgan fingerprint density at radius 2 is 1.74 bits per heavy atom. The Morgan fingerprint density at radius 1 is 0.968 bits per heavy atom. The molecule has 0 bridgehead atoms. The summed E-state index contributed by atoms with van der Waals surface area (Å²) < 4.78 is 25.9. The van der Waals surface area contributed by atoms with Crippen LogP contribution in [0.3, 0.4) is 0 Å².